The van der Waals surface area contributed by atoms with Crippen LogP contribution in [-0.2, 0) is 0 Å². The number of H-pyrrole nitrogens is 2. The van der Waals surface area contributed by atoms with Crippen LogP contribution in [0.4, 0.5) is 0 Å². The molecule has 0 amide bonds. The lowest BCUT2D eigenvalue weighted by molar-refractivity contribution is 0.558. The number of thiophene rings is 1. The van der Waals surface area contributed by atoms with Gasteiger partial charge in [-0.3, -0.25) is 15.1 Å². The molecule has 0 unspecified atom stereocenters. The molecule has 0 atom stereocenters. The molecule has 0 saturated heterocycles. The van der Waals surface area contributed by atoms with E-state index in [0.29, 0.717) is 0 Å². The van der Waals surface area contributed by atoms with E-state index in [2.05, 4.69) is 225 Å². The maximum absolute atomic E-state index is 4.58. The van der Waals surface area contributed by atoms with Crippen molar-refractivity contribution in [1.29, 1.82) is 0 Å². The van der Waals surface area contributed by atoms with Crippen LogP contribution in [0, 0.1) is 47.3 Å². The van der Waals surface area contributed by atoms with Crippen molar-refractivity contribution >= 4 is 41.3 Å². The van der Waals surface area contributed by atoms with E-state index in [1.54, 1.807) is 90.5 Å². The molecule has 12 nitrogen and oxygen atoms in total. The zero-order valence-corrected chi connectivity index (χ0v) is 67.7. The van der Waals surface area contributed by atoms with Gasteiger partial charge in [-0.25, -0.2) is 15.0 Å². The molecule has 2 N–H and O–H groups in total. The van der Waals surface area contributed by atoms with E-state index in [-0.39, 0.29) is 7.43 Å². The summed E-state index contributed by atoms with van der Waals surface area (Å²) in [5.41, 5.74) is 1.79. The zero-order valence-electron chi connectivity index (χ0n) is 66.1. The molecule has 6 aromatic rings. The number of oxazole rings is 1. The fourth-order valence-electron chi connectivity index (χ4n) is 1.73. The van der Waals surface area contributed by atoms with Crippen LogP contribution < -0.4 is 0 Å². The van der Waals surface area contributed by atoms with Gasteiger partial charge in [-0.05, 0) is 70.2 Å². The van der Waals surface area contributed by atoms with Gasteiger partial charge in [0.05, 0.1) is 30.6 Å². The topological polar surface area (TPSA) is 159 Å². The number of rotatable bonds is 0. The number of furan rings is 1. The van der Waals surface area contributed by atoms with Crippen molar-refractivity contribution < 1.29 is 8.83 Å². The average molecular weight is 1300 g/mol. The highest BCUT2D eigenvalue weighted by Gasteiger charge is 1.76. The number of hydrogen-bond donors (Lipinski definition) is 2. The van der Waals surface area contributed by atoms with E-state index in [1.807, 2.05) is 163 Å². The second-order valence-corrected chi connectivity index (χ2v) is 21.6. The number of thiazole rings is 1. The lowest BCUT2D eigenvalue weighted by Gasteiger charge is -1.79. The normalized spacial score (nSPS) is 8.45. The van der Waals surface area contributed by atoms with Crippen molar-refractivity contribution in [3.63, 3.8) is 0 Å². The summed E-state index contributed by atoms with van der Waals surface area (Å²) in [6.07, 6.45) is 28.7. The van der Waals surface area contributed by atoms with Gasteiger partial charge in [0.25, 0.3) is 0 Å². The molecule has 0 aliphatic carbocycles. The van der Waals surface area contributed by atoms with E-state index < -0.39 is 0 Å². The van der Waals surface area contributed by atoms with Crippen molar-refractivity contribution in [3.05, 3.63) is 127 Å². The monoisotopic (exact) mass is 1300 g/mol. The van der Waals surface area contributed by atoms with E-state index in [0.717, 1.165) is 60.2 Å². The van der Waals surface area contributed by atoms with Gasteiger partial charge in [0.2, 0.25) is 0 Å². The average Bonchev–Trinajstić information content (AvgIpc) is 4.35. The molecule has 6 aromatic heterocycles. The lowest BCUT2D eigenvalue weighted by Crippen LogP contribution is -1.66. The molecule has 8 heterocycles. The summed E-state index contributed by atoms with van der Waals surface area (Å²) in [6.45, 7) is 84.0. The van der Waals surface area contributed by atoms with Gasteiger partial charge >= 0.3 is 0 Å². The first-order valence-electron chi connectivity index (χ1n) is 33.4. The Morgan fingerprint density at radius 3 is 0.843 bits per heavy atom. The van der Waals surface area contributed by atoms with Gasteiger partial charge in [-0.1, -0.05) is 303 Å². The number of imidazole rings is 1. The van der Waals surface area contributed by atoms with Crippen LogP contribution in [0.15, 0.2) is 151 Å². The molecule has 0 spiro atoms. The number of nitrogens with zero attached hydrogens (tertiary/aromatic N) is 8. The van der Waals surface area contributed by atoms with E-state index in [1.165, 1.54) is 25.3 Å². The van der Waals surface area contributed by atoms with Crippen LogP contribution in [0.2, 0.25) is 0 Å². The quantitative estimate of drug-likeness (QED) is 0.153. The van der Waals surface area contributed by atoms with Gasteiger partial charge in [-0.2, -0.15) is 26.6 Å². The highest BCUT2D eigenvalue weighted by Crippen LogP contribution is 1.92. The standard InChI is InChI=1S/C4H5N.C4H4O.C4H4S.8C4H10.2C3H4N2.C3H3NO.C3H3NS.C2H3N3.8C2H6.CH4/c3*1-2-4-5-3-1;8*1-4(2)3;1-2-5-3-4-1;1-2-4-5-3-1;2*1-2-5-3-4-1;1-3-2-5-4-1;8*1-2;/h1,3-4H,2H2;2*1-4H;8*4H,1-3H3;1-3H,(H,4,5);2-3H,1H2;2*1-3H;1-2H,(H,3,4,5);8*1-2H3;1H4. The summed E-state index contributed by atoms with van der Waals surface area (Å²) < 4.78 is 9.06. The van der Waals surface area contributed by atoms with Crippen LogP contribution in [0.25, 0.3) is 0 Å². The molecule has 0 fully saturated rings. The third-order valence-electron chi connectivity index (χ3n) is 3.26. The lowest BCUT2D eigenvalue weighted by atomic mass is 10.3. The largest absolute Gasteiger partial charge is 0.473 e. The van der Waals surface area contributed by atoms with E-state index >= 15 is 0 Å². The molecular weight excluding hydrogens is 1140 g/mol. The van der Waals surface area contributed by atoms with Crippen LogP contribution in [-0.4, -0.2) is 53.8 Å². The molecule has 0 aromatic carbocycles. The third-order valence-corrected chi connectivity index (χ3v) is 4.41. The summed E-state index contributed by atoms with van der Waals surface area (Å²) in [5.74, 6) is 6.67. The predicted octanol–water partition coefficient (Wildman–Crippen LogP) is 28.6. The molecular formula is C75H162N10O2S2. The Kier molecular flexibility index (Phi) is 232. The summed E-state index contributed by atoms with van der Waals surface area (Å²) in [5, 5.41) is 19.1. The van der Waals surface area contributed by atoms with Crippen LogP contribution in [0.1, 0.15) is 297 Å². The minimum absolute atomic E-state index is 0. The minimum atomic E-state index is 0. The van der Waals surface area contributed by atoms with Crippen LogP contribution >= 0.6 is 22.7 Å². The summed E-state index contributed by atoms with van der Waals surface area (Å²) in [4.78, 5) is 21.0. The highest BCUT2D eigenvalue weighted by atomic mass is 32.1. The second kappa shape index (κ2) is 160. The van der Waals surface area contributed by atoms with Crippen molar-refractivity contribution in [2.45, 2.75) is 297 Å². The van der Waals surface area contributed by atoms with Crippen molar-refractivity contribution in [1.82, 2.24) is 35.1 Å². The maximum atomic E-state index is 4.58. The number of hydrogen-bond acceptors (Lipinski definition) is 12. The molecule has 89 heavy (non-hydrogen) atoms. The van der Waals surface area contributed by atoms with Crippen molar-refractivity contribution in [2.75, 3.05) is 0 Å². The Bertz CT molecular complexity index is 1190. The van der Waals surface area contributed by atoms with E-state index in [4.69, 9.17) is 0 Å². The number of aromatic nitrogens is 7. The first-order valence-corrected chi connectivity index (χ1v) is 35.2. The van der Waals surface area contributed by atoms with Crippen LogP contribution in [0.5, 0.6) is 0 Å². The van der Waals surface area contributed by atoms with Gasteiger partial charge in [0.1, 0.15) is 18.9 Å². The molecule has 0 radical (unpaired) electrons. The Balaban J connectivity index is -0.0000000408. The van der Waals surface area contributed by atoms with Gasteiger partial charge in [0, 0.05) is 61.7 Å². The molecule has 2 aliphatic rings. The van der Waals surface area contributed by atoms with Crippen molar-refractivity contribution in [2.24, 2.45) is 62.5 Å². The molecule has 2 aliphatic heterocycles. The summed E-state index contributed by atoms with van der Waals surface area (Å²) >= 11 is 3.31. The molecule has 0 saturated carbocycles. The predicted molar refractivity (Wildman–Crippen MR) is 422 cm³/mol. The highest BCUT2D eigenvalue weighted by molar-refractivity contribution is 7.07. The van der Waals surface area contributed by atoms with Gasteiger partial charge < -0.3 is 13.8 Å². The fourth-order valence-corrected chi connectivity index (χ4v) is 2.53. The Labute approximate surface area is 569 Å². The second-order valence-electron chi connectivity index (χ2n) is 20.0. The Morgan fingerprint density at radius 2 is 0.753 bits per heavy atom. The number of aromatic amines is 2. The third kappa shape index (κ3) is 445. The summed E-state index contributed by atoms with van der Waals surface area (Å²) in [6, 6.07) is 7.70. The number of aliphatic imine (C=N–C) groups is 1. The first-order chi connectivity index (χ1) is 41.9. The van der Waals surface area contributed by atoms with Gasteiger partial charge in [-0.15, -0.1) is 11.3 Å². The summed E-state index contributed by atoms with van der Waals surface area (Å²) in [7, 11) is 0. The smallest absolute Gasteiger partial charge is 0.180 e. The van der Waals surface area contributed by atoms with E-state index in [9.17, 15) is 0 Å². The van der Waals surface area contributed by atoms with Gasteiger partial charge in [0.15, 0.2) is 6.39 Å². The SMILES string of the molecule is C.C1=CN=CC1.C1=NN=CC1.CC.CC.CC.CC.CC.CC.CC.CC.CC(C)C.CC(C)C.CC(C)C.CC(C)C.CC(C)C.CC(C)C.CC(C)C.CC(C)C.c1c[nH]cn1.c1ccoc1.c1ccsc1.c1cocn1.c1cscn1.c1nc[nH]n1. The van der Waals surface area contributed by atoms with Crippen molar-refractivity contribution in [3.8, 4) is 0 Å². The first kappa shape index (κ1) is 129. The molecule has 8 rings (SSSR count). The van der Waals surface area contributed by atoms with Crippen LogP contribution in [0.3, 0.4) is 0 Å². The molecule has 0 bridgehead atoms. The molecule has 14 heteroatoms. The maximum Gasteiger partial charge on any atom is 0.180 e. The Hall–Kier alpha value is -5.08. The minimum Gasteiger partial charge on any atom is -0.473 e. The fraction of sp³-hybridized carbons (Fsp3) is 0.680. The number of allylic oxidation sites excluding steroid dienone is 1. The number of nitrogens with one attached hydrogen (secondary N) is 2. The Morgan fingerprint density at radius 1 is 0.371 bits per heavy atom. The zero-order chi connectivity index (χ0) is 72.9. The molecule has 536 valence electrons.